The van der Waals surface area contributed by atoms with Crippen LogP contribution < -0.4 is 0 Å². The number of nitrogens with zero attached hydrogens (tertiary/aromatic N) is 1. The lowest BCUT2D eigenvalue weighted by Gasteiger charge is -2.16. The molecule has 0 aromatic rings. The molecule has 0 aliphatic heterocycles. The zero-order valence-corrected chi connectivity index (χ0v) is 7.40. The molecule has 0 aromatic carbocycles. The molecular weight excluding hydrogens is 162 g/mol. The van der Waals surface area contributed by atoms with Gasteiger partial charge in [0, 0.05) is 0 Å². The summed E-state index contributed by atoms with van der Waals surface area (Å²) in [7, 11) is 0. The van der Waals surface area contributed by atoms with E-state index in [0.717, 1.165) is 0 Å². The van der Waals surface area contributed by atoms with Crippen molar-refractivity contribution in [2.75, 3.05) is 6.61 Å². The van der Waals surface area contributed by atoms with Gasteiger partial charge in [0.2, 0.25) is 0 Å². The summed E-state index contributed by atoms with van der Waals surface area (Å²) in [6, 6.07) is -0.429. The Kier molecular flexibility index (Phi) is 4.28. The summed E-state index contributed by atoms with van der Waals surface area (Å²) in [5.41, 5.74) is 0. The molecule has 0 spiro atoms. The summed E-state index contributed by atoms with van der Waals surface area (Å²) in [5.74, 6) is -2.07. The zero-order valence-electron chi connectivity index (χ0n) is 7.40. The molecule has 70 valence electrons. The second kappa shape index (κ2) is 4.71. The van der Waals surface area contributed by atoms with Crippen LogP contribution in [-0.4, -0.2) is 34.8 Å². The van der Waals surface area contributed by atoms with Crippen LogP contribution >= 0.6 is 0 Å². The van der Waals surface area contributed by atoms with Gasteiger partial charge in [0.1, 0.15) is 0 Å². The Morgan fingerprint density at radius 2 is 2.00 bits per heavy atom. The predicted octanol–water partition coefficient (Wildman–Crippen LogP) is 0.176. The smallest absolute Gasteiger partial charge is 0.399 e. The van der Waals surface area contributed by atoms with Crippen molar-refractivity contribution in [1.29, 1.82) is 0 Å². The van der Waals surface area contributed by atoms with Crippen LogP contribution in [0.3, 0.4) is 0 Å². The van der Waals surface area contributed by atoms with Gasteiger partial charge in [-0.3, -0.25) is 10.0 Å². The Hall–Kier alpha value is -1.10. The first-order chi connectivity index (χ1) is 5.50. The van der Waals surface area contributed by atoms with Crippen molar-refractivity contribution < 1.29 is 19.5 Å². The predicted molar refractivity (Wildman–Crippen MR) is 40.4 cm³/mol. The maximum atomic E-state index is 10.9. The normalized spacial score (nSPS) is 9.75. The summed E-state index contributed by atoms with van der Waals surface area (Å²) in [4.78, 5) is 21.6. The summed E-state index contributed by atoms with van der Waals surface area (Å²) < 4.78 is 4.38. The molecule has 0 heterocycles. The number of ether oxygens (including phenoxy) is 1. The molecule has 1 N–H and O–H groups in total. The van der Waals surface area contributed by atoms with E-state index < -0.39 is 17.9 Å². The molecule has 0 unspecified atom stereocenters. The highest BCUT2D eigenvalue weighted by atomic mass is 16.6. The Morgan fingerprint density at radius 1 is 1.50 bits per heavy atom. The van der Waals surface area contributed by atoms with E-state index in [9.17, 15) is 9.59 Å². The minimum Gasteiger partial charge on any atom is -0.459 e. The van der Waals surface area contributed by atoms with Gasteiger partial charge in [0.15, 0.2) is 0 Å². The summed E-state index contributed by atoms with van der Waals surface area (Å²) >= 11 is 0. The first kappa shape index (κ1) is 10.9. The number of rotatable bonds is 2. The van der Waals surface area contributed by atoms with Gasteiger partial charge in [-0.1, -0.05) is 0 Å². The molecule has 0 radical (unpaired) electrons. The van der Waals surface area contributed by atoms with Gasteiger partial charge in [0.25, 0.3) is 0 Å². The fraction of sp³-hybridized carbons (Fsp3) is 0.714. The van der Waals surface area contributed by atoms with Crippen LogP contribution in [0, 0.1) is 0 Å². The standard InChI is InChI=1S/C7H13NO4/c1-4-12-7(10)6(9)8(11)5(2)3/h5,11H,4H2,1-3H3. The van der Waals surface area contributed by atoms with Gasteiger partial charge in [-0.2, -0.15) is 0 Å². The van der Waals surface area contributed by atoms with E-state index in [1.165, 1.54) is 0 Å². The van der Waals surface area contributed by atoms with E-state index in [4.69, 9.17) is 5.21 Å². The third-order valence-corrected chi connectivity index (χ3v) is 1.15. The third-order valence-electron chi connectivity index (χ3n) is 1.15. The van der Waals surface area contributed by atoms with Gasteiger partial charge in [0.05, 0.1) is 12.6 Å². The molecule has 0 bridgehead atoms. The SMILES string of the molecule is CCOC(=O)C(=O)N(O)C(C)C. The van der Waals surface area contributed by atoms with Gasteiger partial charge in [-0.05, 0) is 20.8 Å². The Labute approximate surface area is 70.9 Å². The average molecular weight is 175 g/mol. The molecule has 0 aliphatic carbocycles. The highest BCUT2D eigenvalue weighted by molar-refractivity contribution is 6.32. The molecule has 0 atom stereocenters. The Bertz CT molecular complexity index is 178. The number of hydrogen-bond acceptors (Lipinski definition) is 4. The molecular formula is C7H13NO4. The molecule has 5 heteroatoms. The van der Waals surface area contributed by atoms with Crippen molar-refractivity contribution in [3.8, 4) is 0 Å². The maximum absolute atomic E-state index is 10.9. The average Bonchev–Trinajstić information content (AvgIpc) is 2.02. The minimum absolute atomic E-state index is 0.122. The second-order valence-corrected chi connectivity index (χ2v) is 2.46. The zero-order chi connectivity index (χ0) is 9.72. The van der Waals surface area contributed by atoms with Crippen molar-refractivity contribution >= 4 is 11.9 Å². The lowest BCUT2D eigenvalue weighted by molar-refractivity contribution is -0.185. The molecule has 5 nitrogen and oxygen atoms in total. The first-order valence-electron chi connectivity index (χ1n) is 3.69. The number of amides is 1. The molecule has 0 saturated carbocycles. The fourth-order valence-electron chi connectivity index (χ4n) is 0.521. The largest absolute Gasteiger partial charge is 0.459 e. The van der Waals surface area contributed by atoms with E-state index in [0.29, 0.717) is 5.06 Å². The number of carbonyl (C=O) groups is 2. The van der Waals surface area contributed by atoms with Crippen LogP contribution in [-0.2, 0) is 14.3 Å². The molecule has 1 amide bonds. The van der Waals surface area contributed by atoms with Gasteiger partial charge >= 0.3 is 11.9 Å². The number of carbonyl (C=O) groups excluding carboxylic acids is 2. The minimum atomic E-state index is -1.04. The number of esters is 1. The quantitative estimate of drug-likeness (QED) is 0.281. The van der Waals surface area contributed by atoms with Crippen molar-refractivity contribution in [2.24, 2.45) is 0 Å². The van der Waals surface area contributed by atoms with E-state index >= 15 is 0 Å². The van der Waals surface area contributed by atoms with E-state index in [1.807, 2.05) is 0 Å². The summed E-state index contributed by atoms with van der Waals surface area (Å²) in [5, 5.41) is 9.32. The fourth-order valence-corrected chi connectivity index (χ4v) is 0.521. The number of hydrogen-bond donors (Lipinski definition) is 1. The van der Waals surface area contributed by atoms with Crippen molar-refractivity contribution in [2.45, 2.75) is 26.8 Å². The maximum Gasteiger partial charge on any atom is 0.399 e. The third kappa shape index (κ3) is 2.87. The highest BCUT2D eigenvalue weighted by Gasteiger charge is 2.23. The monoisotopic (exact) mass is 175 g/mol. The number of hydroxylamine groups is 2. The molecule has 0 saturated heterocycles. The van der Waals surface area contributed by atoms with Crippen LogP contribution in [0.25, 0.3) is 0 Å². The Balaban J connectivity index is 4.10. The van der Waals surface area contributed by atoms with Crippen LogP contribution in [0.5, 0.6) is 0 Å². The van der Waals surface area contributed by atoms with E-state index in [2.05, 4.69) is 4.74 Å². The van der Waals surface area contributed by atoms with Crippen LogP contribution in [0.4, 0.5) is 0 Å². The summed E-state index contributed by atoms with van der Waals surface area (Å²) in [6.45, 7) is 4.87. The van der Waals surface area contributed by atoms with E-state index in [-0.39, 0.29) is 6.61 Å². The van der Waals surface area contributed by atoms with Crippen LogP contribution in [0.15, 0.2) is 0 Å². The molecule has 0 rings (SSSR count). The first-order valence-corrected chi connectivity index (χ1v) is 3.69. The Morgan fingerprint density at radius 3 is 2.33 bits per heavy atom. The van der Waals surface area contributed by atoms with E-state index in [1.54, 1.807) is 20.8 Å². The van der Waals surface area contributed by atoms with Crippen LogP contribution in [0.1, 0.15) is 20.8 Å². The van der Waals surface area contributed by atoms with Crippen molar-refractivity contribution in [1.82, 2.24) is 5.06 Å². The molecule has 12 heavy (non-hydrogen) atoms. The molecule has 0 fully saturated rings. The summed E-state index contributed by atoms with van der Waals surface area (Å²) in [6.07, 6.45) is 0. The van der Waals surface area contributed by atoms with Crippen molar-refractivity contribution in [3.63, 3.8) is 0 Å². The lowest BCUT2D eigenvalue weighted by atomic mass is 10.4. The van der Waals surface area contributed by atoms with Crippen molar-refractivity contribution in [3.05, 3.63) is 0 Å². The van der Waals surface area contributed by atoms with Gasteiger partial charge in [-0.25, -0.2) is 9.86 Å². The highest BCUT2D eigenvalue weighted by Crippen LogP contribution is 1.95. The molecule has 0 aliphatic rings. The van der Waals surface area contributed by atoms with Crippen LogP contribution in [0.2, 0.25) is 0 Å². The second-order valence-electron chi connectivity index (χ2n) is 2.46. The van der Waals surface area contributed by atoms with Gasteiger partial charge < -0.3 is 4.74 Å². The molecule has 0 aromatic heterocycles. The topological polar surface area (TPSA) is 66.8 Å². The van der Waals surface area contributed by atoms with Gasteiger partial charge in [-0.15, -0.1) is 0 Å². The lowest BCUT2D eigenvalue weighted by Crippen LogP contribution is -2.39.